The van der Waals surface area contributed by atoms with Crippen molar-refractivity contribution in [1.82, 2.24) is 10.4 Å². The predicted octanol–water partition coefficient (Wildman–Crippen LogP) is 1.89. The van der Waals surface area contributed by atoms with Crippen molar-refractivity contribution in [3.05, 3.63) is 35.9 Å². The minimum Gasteiger partial charge on any atom is -0.348 e. The molecule has 1 fully saturated rings. The van der Waals surface area contributed by atoms with E-state index in [0.717, 1.165) is 12.0 Å². The van der Waals surface area contributed by atoms with Crippen LogP contribution < -0.4 is 5.32 Å². The van der Waals surface area contributed by atoms with Crippen LogP contribution in [0.3, 0.4) is 0 Å². The van der Waals surface area contributed by atoms with Gasteiger partial charge in [0.05, 0.1) is 6.10 Å². The first-order valence-corrected chi connectivity index (χ1v) is 5.62. The number of benzene rings is 1. The SMILES string of the molecule is CNC(=O)N(O)C1CCC(c2ccccc2)O1. The highest BCUT2D eigenvalue weighted by molar-refractivity contribution is 5.72. The van der Waals surface area contributed by atoms with Crippen LogP contribution in [0, 0.1) is 0 Å². The molecule has 5 heteroatoms. The van der Waals surface area contributed by atoms with E-state index in [2.05, 4.69) is 5.32 Å². The minimum atomic E-state index is -0.569. The number of rotatable bonds is 2. The summed E-state index contributed by atoms with van der Waals surface area (Å²) in [7, 11) is 1.47. The minimum absolute atomic E-state index is 0.0551. The fraction of sp³-hybridized carbons (Fsp3) is 0.417. The highest BCUT2D eigenvalue weighted by Crippen LogP contribution is 2.33. The molecular weight excluding hydrogens is 220 g/mol. The van der Waals surface area contributed by atoms with E-state index in [1.165, 1.54) is 7.05 Å². The van der Waals surface area contributed by atoms with E-state index < -0.39 is 12.3 Å². The fourth-order valence-corrected chi connectivity index (χ4v) is 1.96. The number of carbonyl (C=O) groups excluding carboxylic acids is 1. The summed E-state index contributed by atoms with van der Waals surface area (Å²) >= 11 is 0. The van der Waals surface area contributed by atoms with Crippen LogP contribution in [0.1, 0.15) is 24.5 Å². The number of nitrogens with zero attached hydrogens (tertiary/aromatic N) is 1. The van der Waals surface area contributed by atoms with E-state index in [1.54, 1.807) is 0 Å². The van der Waals surface area contributed by atoms with Gasteiger partial charge < -0.3 is 10.1 Å². The summed E-state index contributed by atoms with van der Waals surface area (Å²) in [6.45, 7) is 0. The van der Waals surface area contributed by atoms with Crippen molar-refractivity contribution in [2.75, 3.05) is 7.05 Å². The Bertz CT molecular complexity index is 383. The van der Waals surface area contributed by atoms with Gasteiger partial charge >= 0.3 is 6.03 Å². The van der Waals surface area contributed by atoms with Crippen molar-refractivity contribution in [3.63, 3.8) is 0 Å². The van der Waals surface area contributed by atoms with E-state index in [-0.39, 0.29) is 6.10 Å². The number of amides is 2. The van der Waals surface area contributed by atoms with Crippen LogP contribution in [0.4, 0.5) is 4.79 Å². The van der Waals surface area contributed by atoms with E-state index >= 15 is 0 Å². The summed E-state index contributed by atoms with van der Waals surface area (Å²) in [5.41, 5.74) is 1.07. The smallest absolute Gasteiger partial charge is 0.343 e. The molecule has 92 valence electrons. The second-order valence-electron chi connectivity index (χ2n) is 3.97. The maximum absolute atomic E-state index is 11.2. The molecule has 1 heterocycles. The Morgan fingerprint density at radius 2 is 2.12 bits per heavy atom. The van der Waals surface area contributed by atoms with Crippen LogP contribution in [-0.2, 0) is 4.74 Å². The summed E-state index contributed by atoms with van der Waals surface area (Å²) in [5.74, 6) is 0. The Balaban J connectivity index is 1.98. The predicted molar refractivity (Wildman–Crippen MR) is 61.4 cm³/mol. The van der Waals surface area contributed by atoms with Crippen LogP contribution in [0.5, 0.6) is 0 Å². The number of hydroxylamine groups is 2. The van der Waals surface area contributed by atoms with Crippen molar-refractivity contribution >= 4 is 6.03 Å². The van der Waals surface area contributed by atoms with Crippen LogP contribution >= 0.6 is 0 Å². The van der Waals surface area contributed by atoms with Gasteiger partial charge in [-0.3, -0.25) is 5.21 Å². The second kappa shape index (κ2) is 5.16. The molecule has 2 unspecified atom stereocenters. The molecule has 0 bridgehead atoms. The third-order valence-corrected chi connectivity index (χ3v) is 2.86. The Labute approximate surface area is 99.9 Å². The summed E-state index contributed by atoms with van der Waals surface area (Å²) < 4.78 is 5.65. The molecule has 1 aliphatic rings. The van der Waals surface area contributed by atoms with E-state index in [0.29, 0.717) is 11.5 Å². The van der Waals surface area contributed by atoms with Gasteiger partial charge in [0.25, 0.3) is 0 Å². The molecule has 2 atom stereocenters. The zero-order valence-electron chi connectivity index (χ0n) is 9.67. The molecule has 5 nitrogen and oxygen atoms in total. The molecule has 0 spiro atoms. The summed E-state index contributed by atoms with van der Waals surface area (Å²) in [4.78, 5) is 11.2. The van der Waals surface area contributed by atoms with Gasteiger partial charge in [-0.05, 0) is 18.4 Å². The normalized spacial score (nSPS) is 23.4. The van der Waals surface area contributed by atoms with Gasteiger partial charge in [-0.25, -0.2) is 4.79 Å². The molecule has 17 heavy (non-hydrogen) atoms. The molecule has 0 radical (unpaired) electrons. The largest absolute Gasteiger partial charge is 0.348 e. The van der Waals surface area contributed by atoms with Gasteiger partial charge in [-0.1, -0.05) is 30.3 Å². The van der Waals surface area contributed by atoms with Crippen molar-refractivity contribution < 1.29 is 14.7 Å². The zero-order valence-corrected chi connectivity index (χ0v) is 9.67. The molecule has 1 aromatic carbocycles. The Morgan fingerprint density at radius 3 is 2.76 bits per heavy atom. The first-order chi connectivity index (χ1) is 8.22. The highest BCUT2D eigenvalue weighted by atomic mass is 16.6. The lowest BCUT2D eigenvalue weighted by atomic mass is 10.1. The molecule has 0 saturated carbocycles. The average molecular weight is 236 g/mol. The summed E-state index contributed by atoms with van der Waals surface area (Å²) in [5, 5.41) is 12.5. The van der Waals surface area contributed by atoms with E-state index in [4.69, 9.17) is 4.74 Å². The first-order valence-electron chi connectivity index (χ1n) is 5.62. The number of nitrogens with one attached hydrogen (secondary N) is 1. The molecule has 1 aromatic rings. The van der Waals surface area contributed by atoms with Crippen molar-refractivity contribution in [2.24, 2.45) is 0 Å². The van der Waals surface area contributed by atoms with Gasteiger partial charge in [-0.2, -0.15) is 5.06 Å². The van der Waals surface area contributed by atoms with Crippen LogP contribution in [0.15, 0.2) is 30.3 Å². The van der Waals surface area contributed by atoms with Crippen LogP contribution in [-0.4, -0.2) is 29.6 Å². The summed E-state index contributed by atoms with van der Waals surface area (Å²) in [6.07, 6.45) is 0.798. The Kier molecular flexibility index (Phi) is 3.61. The van der Waals surface area contributed by atoms with Crippen LogP contribution in [0.2, 0.25) is 0 Å². The third kappa shape index (κ3) is 2.57. The van der Waals surface area contributed by atoms with Crippen molar-refractivity contribution in [1.29, 1.82) is 0 Å². The van der Waals surface area contributed by atoms with Crippen molar-refractivity contribution in [2.45, 2.75) is 25.2 Å². The Hall–Kier alpha value is -1.59. The molecule has 2 amide bonds. The standard InChI is InChI=1S/C12H16N2O3/c1-13-12(15)14(16)11-8-7-10(17-11)9-5-3-2-4-6-9/h2-6,10-11,16H,7-8H2,1H3,(H,13,15). The lowest BCUT2D eigenvalue weighted by molar-refractivity contribution is -0.171. The molecule has 2 N–H and O–H groups in total. The maximum atomic E-state index is 11.2. The second-order valence-corrected chi connectivity index (χ2v) is 3.97. The molecule has 2 rings (SSSR count). The maximum Gasteiger partial charge on any atom is 0.343 e. The number of carbonyl (C=O) groups is 1. The molecule has 1 saturated heterocycles. The molecule has 0 aromatic heterocycles. The zero-order chi connectivity index (χ0) is 12.3. The fourth-order valence-electron chi connectivity index (χ4n) is 1.96. The lowest BCUT2D eigenvalue weighted by Gasteiger charge is -2.21. The number of ether oxygens (including phenoxy) is 1. The highest BCUT2D eigenvalue weighted by Gasteiger charge is 2.32. The Morgan fingerprint density at radius 1 is 1.41 bits per heavy atom. The van der Waals surface area contributed by atoms with Crippen molar-refractivity contribution in [3.8, 4) is 0 Å². The first kappa shape index (κ1) is 11.9. The van der Waals surface area contributed by atoms with Gasteiger partial charge in [0, 0.05) is 7.05 Å². The lowest BCUT2D eigenvalue weighted by Crippen LogP contribution is -2.42. The van der Waals surface area contributed by atoms with Gasteiger partial charge in [0.1, 0.15) is 0 Å². The van der Waals surface area contributed by atoms with Gasteiger partial charge in [0.2, 0.25) is 0 Å². The topological polar surface area (TPSA) is 61.8 Å². The number of urea groups is 1. The van der Waals surface area contributed by atoms with E-state index in [9.17, 15) is 10.0 Å². The summed E-state index contributed by atoms with van der Waals surface area (Å²) in [6, 6.07) is 9.24. The van der Waals surface area contributed by atoms with Crippen LogP contribution in [0.25, 0.3) is 0 Å². The monoisotopic (exact) mass is 236 g/mol. The average Bonchev–Trinajstić information content (AvgIpc) is 2.87. The number of hydrogen-bond acceptors (Lipinski definition) is 3. The molecular formula is C12H16N2O3. The van der Waals surface area contributed by atoms with Gasteiger partial charge in [0.15, 0.2) is 6.23 Å². The third-order valence-electron chi connectivity index (χ3n) is 2.86. The molecule has 1 aliphatic heterocycles. The quantitative estimate of drug-likeness (QED) is 0.609. The van der Waals surface area contributed by atoms with Gasteiger partial charge in [-0.15, -0.1) is 0 Å². The number of hydrogen-bond donors (Lipinski definition) is 2. The molecule has 0 aliphatic carbocycles. The van der Waals surface area contributed by atoms with E-state index in [1.807, 2.05) is 30.3 Å².